The molecule has 0 N–H and O–H groups in total. The van der Waals surface area contributed by atoms with Crippen LogP contribution in [0.5, 0.6) is 5.75 Å². The van der Waals surface area contributed by atoms with Gasteiger partial charge in [-0.1, -0.05) is 31.9 Å². The molecule has 0 saturated heterocycles. The van der Waals surface area contributed by atoms with Gasteiger partial charge >= 0.3 is 0 Å². The van der Waals surface area contributed by atoms with Crippen molar-refractivity contribution in [3.63, 3.8) is 0 Å². The number of halogens is 2. The minimum atomic E-state index is -0.405. The van der Waals surface area contributed by atoms with E-state index in [1.165, 1.54) is 12.1 Å². The number of nitro benzene ring substituents is 1. The van der Waals surface area contributed by atoms with Crippen LogP contribution in [0.1, 0.15) is 11.1 Å². The predicted octanol–water partition coefficient (Wildman–Crippen LogP) is 3.39. The van der Waals surface area contributed by atoms with E-state index in [1.807, 2.05) is 0 Å². The molecule has 0 fully saturated rings. The van der Waals surface area contributed by atoms with E-state index in [2.05, 4.69) is 31.9 Å². The summed E-state index contributed by atoms with van der Waals surface area (Å²) < 4.78 is 5.21. The van der Waals surface area contributed by atoms with Gasteiger partial charge in [0.2, 0.25) is 0 Å². The average molecular weight is 339 g/mol. The molecule has 1 aromatic rings. The normalized spacial score (nSPS) is 10.1. The van der Waals surface area contributed by atoms with Gasteiger partial charge in [0.25, 0.3) is 5.69 Å². The highest BCUT2D eigenvalue weighted by molar-refractivity contribution is 9.08. The summed E-state index contributed by atoms with van der Waals surface area (Å²) in [4.78, 5) is 10.3. The molecule has 0 unspecified atom stereocenters. The fourth-order valence-electron chi connectivity index (χ4n) is 1.30. The minimum Gasteiger partial charge on any atom is -0.496 e. The molecular weight excluding hydrogens is 330 g/mol. The van der Waals surface area contributed by atoms with Gasteiger partial charge in [-0.2, -0.15) is 0 Å². The summed E-state index contributed by atoms with van der Waals surface area (Å²) in [5, 5.41) is 11.7. The molecule has 0 aliphatic heterocycles. The van der Waals surface area contributed by atoms with Crippen LogP contribution in [0.15, 0.2) is 12.1 Å². The second kappa shape index (κ2) is 5.46. The molecule has 0 atom stereocenters. The fourth-order valence-corrected chi connectivity index (χ4v) is 2.14. The Labute approximate surface area is 104 Å². The molecule has 0 saturated carbocycles. The molecule has 1 aromatic carbocycles. The van der Waals surface area contributed by atoms with E-state index in [0.717, 1.165) is 11.1 Å². The van der Waals surface area contributed by atoms with Gasteiger partial charge < -0.3 is 4.74 Å². The molecule has 82 valence electrons. The van der Waals surface area contributed by atoms with Crippen molar-refractivity contribution in [3.8, 4) is 5.75 Å². The number of nitrogens with zero attached hydrogens (tertiary/aromatic N) is 1. The van der Waals surface area contributed by atoms with Crippen LogP contribution in [-0.4, -0.2) is 12.0 Å². The summed E-state index contributed by atoms with van der Waals surface area (Å²) in [5.74, 6) is 0.689. The molecule has 0 radical (unpaired) electrons. The van der Waals surface area contributed by atoms with Crippen molar-refractivity contribution in [3.05, 3.63) is 33.4 Å². The minimum absolute atomic E-state index is 0.0831. The first-order valence-corrected chi connectivity index (χ1v) is 6.34. The summed E-state index contributed by atoms with van der Waals surface area (Å²) >= 11 is 6.56. The molecule has 0 aliphatic rings. The topological polar surface area (TPSA) is 52.4 Å². The molecule has 0 spiro atoms. The second-order valence-corrected chi connectivity index (χ2v) is 3.94. The van der Waals surface area contributed by atoms with Gasteiger partial charge in [0.15, 0.2) is 0 Å². The highest BCUT2D eigenvalue weighted by atomic mass is 79.9. The van der Waals surface area contributed by atoms with E-state index < -0.39 is 4.92 Å². The number of non-ortho nitro benzene ring substituents is 1. The molecule has 0 aliphatic carbocycles. The maximum absolute atomic E-state index is 10.7. The number of nitro groups is 1. The molecule has 0 bridgehead atoms. The van der Waals surface area contributed by atoms with Crippen molar-refractivity contribution in [1.29, 1.82) is 0 Å². The van der Waals surface area contributed by atoms with Crippen LogP contribution in [0.25, 0.3) is 0 Å². The van der Waals surface area contributed by atoms with E-state index in [1.54, 1.807) is 7.11 Å². The van der Waals surface area contributed by atoms with Crippen LogP contribution in [0.4, 0.5) is 5.69 Å². The number of hydrogen-bond donors (Lipinski definition) is 0. The summed E-state index contributed by atoms with van der Waals surface area (Å²) in [5.41, 5.74) is 1.64. The molecule has 0 amide bonds. The molecule has 4 nitrogen and oxygen atoms in total. The standard InChI is InChI=1S/C9H9Br2NO3/c1-15-9-6(4-10)2-8(12(13)14)3-7(9)5-11/h2-3H,4-5H2,1H3. The van der Waals surface area contributed by atoms with E-state index in [9.17, 15) is 10.1 Å². The summed E-state index contributed by atoms with van der Waals surface area (Å²) in [7, 11) is 1.56. The Balaban J connectivity index is 3.35. The van der Waals surface area contributed by atoms with Crippen molar-refractivity contribution in [2.75, 3.05) is 7.11 Å². The van der Waals surface area contributed by atoms with Crippen LogP contribution < -0.4 is 4.74 Å². The summed E-state index contributed by atoms with van der Waals surface area (Å²) in [6, 6.07) is 3.03. The zero-order chi connectivity index (χ0) is 11.4. The number of alkyl halides is 2. The second-order valence-electron chi connectivity index (χ2n) is 2.82. The Morgan fingerprint density at radius 3 is 2.07 bits per heavy atom. The average Bonchev–Trinajstić information content (AvgIpc) is 2.26. The Morgan fingerprint density at radius 2 is 1.80 bits per heavy atom. The van der Waals surface area contributed by atoms with Gasteiger partial charge in [0.05, 0.1) is 12.0 Å². The molecule has 1 rings (SSSR count). The first-order valence-electron chi connectivity index (χ1n) is 4.10. The third-order valence-corrected chi connectivity index (χ3v) is 3.14. The molecule has 0 aromatic heterocycles. The van der Waals surface area contributed by atoms with E-state index in [-0.39, 0.29) is 5.69 Å². The van der Waals surface area contributed by atoms with Gasteiger partial charge in [-0.3, -0.25) is 10.1 Å². The summed E-state index contributed by atoms with van der Waals surface area (Å²) in [6.07, 6.45) is 0. The van der Waals surface area contributed by atoms with Crippen molar-refractivity contribution in [1.82, 2.24) is 0 Å². The van der Waals surface area contributed by atoms with Crippen LogP contribution in [0.2, 0.25) is 0 Å². The molecular formula is C9H9Br2NO3. The van der Waals surface area contributed by atoms with Gasteiger partial charge in [0, 0.05) is 33.9 Å². The first kappa shape index (κ1) is 12.4. The maximum Gasteiger partial charge on any atom is 0.270 e. The third kappa shape index (κ3) is 2.69. The predicted molar refractivity (Wildman–Crippen MR) is 64.9 cm³/mol. The van der Waals surface area contributed by atoms with Gasteiger partial charge in [-0.05, 0) is 0 Å². The SMILES string of the molecule is COc1c(CBr)cc([N+](=O)[O-])cc1CBr. The lowest BCUT2D eigenvalue weighted by Crippen LogP contribution is -1.98. The van der Waals surface area contributed by atoms with Gasteiger partial charge in [0.1, 0.15) is 5.75 Å². The zero-order valence-corrected chi connectivity index (χ0v) is 11.2. The number of benzene rings is 1. The smallest absolute Gasteiger partial charge is 0.270 e. The summed E-state index contributed by atoms with van der Waals surface area (Å²) in [6.45, 7) is 0. The molecule has 6 heteroatoms. The van der Waals surface area contributed by atoms with Crippen LogP contribution in [0.3, 0.4) is 0 Å². The lowest BCUT2D eigenvalue weighted by molar-refractivity contribution is -0.385. The van der Waals surface area contributed by atoms with Crippen molar-refractivity contribution >= 4 is 37.5 Å². The van der Waals surface area contributed by atoms with Crippen molar-refractivity contribution < 1.29 is 9.66 Å². The highest BCUT2D eigenvalue weighted by Crippen LogP contribution is 2.32. The Kier molecular flexibility index (Phi) is 4.53. The van der Waals surface area contributed by atoms with Gasteiger partial charge in [-0.25, -0.2) is 0 Å². The largest absolute Gasteiger partial charge is 0.496 e. The molecule has 15 heavy (non-hydrogen) atoms. The number of ether oxygens (including phenoxy) is 1. The monoisotopic (exact) mass is 337 g/mol. The zero-order valence-electron chi connectivity index (χ0n) is 8.00. The Bertz CT molecular complexity index is 357. The van der Waals surface area contributed by atoms with Crippen LogP contribution >= 0.6 is 31.9 Å². The van der Waals surface area contributed by atoms with Crippen molar-refractivity contribution in [2.45, 2.75) is 10.7 Å². The highest BCUT2D eigenvalue weighted by Gasteiger charge is 2.15. The third-order valence-electron chi connectivity index (χ3n) is 1.93. The maximum atomic E-state index is 10.7. The van der Waals surface area contributed by atoms with Gasteiger partial charge in [-0.15, -0.1) is 0 Å². The molecule has 0 heterocycles. The van der Waals surface area contributed by atoms with Crippen molar-refractivity contribution in [2.24, 2.45) is 0 Å². The van der Waals surface area contributed by atoms with E-state index in [0.29, 0.717) is 16.4 Å². The fraction of sp³-hybridized carbons (Fsp3) is 0.333. The lowest BCUT2D eigenvalue weighted by Gasteiger charge is -2.10. The first-order chi connectivity index (χ1) is 7.13. The number of hydrogen-bond acceptors (Lipinski definition) is 3. The van der Waals surface area contributed by atoms with E-state index in [4.69, 9.17) is 4.74 Å². The number of rotatable bonds is 4. The van der Waals surface area contributed by atoms with Crippen LogP contribution in [-0.2, 0) is 10.7 Å². The van der Waals surface area contributed by atoms with E-state index >= 15 is 0 Å². The van der Waals surface area contributed by atoms with Crippen LogP contribution in [0, 0.1) is 10.1 Å². The Hall–Kier alpha value is -0.620. The lowest BCUT2D eigenvalue weighted by atomic mass is 10.1. The number of methoxy groups -OCH3 is 1. The Morgan fingerprint density at radius 1 is 1.33 bits per heavy atom. The quantitative estimate of drug-likeness (QED) is 0.480.